The van der Waals surface area contributed by atoms with E-state index < -0.39 is 29.6 Å². The molecular formula is C51H33NO. The molecule has 1 aliphatic rings. The third-order valence-corrected chi connectivity index (χ3v) is 10.7. The second-order valence-corrected chi connectivity index (χ2v) is 13.5. The van der Waals surface area contributed by atoms with Gasteiger partial charge in [-0.05, 0) is 98.0 Å². The Morgan fingerprint density at radius 3 is 2.09 bits per heavy atom. The molecule has 11 rings (SSSR count). The number of nitrogens with zero attached hydrogens (tertiary/aromatic N) is 1. The van der Waals surface area contributed by atoms with Crippen LogP contribution in [0.3, 0.4) is 0 Å². The molecule has 0 aliphatic heterocycles. The van der Waals surface area contributed by atoms with Gasteiger partial charge >= 0.3 is 0 Å². The predicted octanol–water partition coefficient (Wildman–Crippen LogP) is 13.7. The fraction of sp³-hybridized carbons (Fsp3) is 0.0196. The van der Waals surface area contributed by atoms with Gasteiger partial charge in [0.15, 0.2) is 0 Å². The average Bonchev–Trinajstić information content (AvgIpc) is 3.81. The minimum Gasteiger partial charge on any atom is -0.456 e. The first-order valence-corrected chi connectivity index (χ1v) is 17.7. The zero-order valence-electron chi connectivity index (χ0n) is 35.4. The van der Waals surface area contributed by atoms with Crippen LogP contribution in [0.1, 0.15) is 31.8 Å². The van der Waals surface area contributed by atoms with Gasteiger partial charge in [-0.2, -0.15) is 0 Å². The second kappa shape index (κ2) is 11.6. The molecule has 0 saturated carbocycles. The molecule has 9 aromatic carbocycles. The minimum absolute atomic E-state index is 0.0886. The molecule has 0 spiro atoms. The van der Waals surface area contributed by atoms with Crippen molar-refractivity contribution in [3.8, 4) is 11.1 Å². The van der Waals surface area contributed by atoms with Crippen LogP contribution >= 0.6 is 0 Å². The summed E-state index contributed by atoms with van der Waals surface area (Å²) in [4.78, 5) is 2.25. The quantitative estimate of drug-likeness (QED) is 0.180. The molecule has 0 fully saturated rings. The maximum absolute atomic E-state index is 10.1. The lowest BCUT2D eigenvalue weighted by Crippen LogP contribution is -2.29. The molecule has 1 aromatic heterocycles. The summed E-state index contributed by atoms with van der Waals surface area (Å²) in [5.74, 6) is 0. The number of rotatable bonds is 5. The van der Waals surface area contributed by atoms with Gasteiger partial charge in [0.1, 0.15) is 11.2 Å². The van der Waals surface area contributed by atoms with Crippen LogP contribution < -0.4 is 4.90 Å². The molecule has 248 valence electrons. The van der Waals surface area contributed by atoms with Crippen molar-refractivity contribution in [3.05, 3.63) is 222 Å². The van der Waals surface area contributed by atoms with Gasteiger partial charge in [0.25, 0.3) is 0 Å². The number of fused-ring (bicyclic) bond motifs is 8. The summed E-state index contributed by atoms with van der Waals surface area (Å²) in [5, 5.41) is 3.60. The van der Waals surface area contributed by atoms with Gasteiger partial charge in [-0.3, -0.25) is 0 Å². The van der Waals surface area contributed by atoms with E-state index in [0.717, 1.165) is 66.4 Å². The number of anilines is 3. The maximum Gasteiger partial charge on any atom is 0.135 e. The smallest absolute Gasteiger partial charge is 0.135 e. The molecule has 1 heterocycles. The third kappa shape index (κ3) is 4.33. The van der Waals surface area contributed by atoms with Gasteiger partial charge in [-0.15, -0.1) is 0 Å². The van der Waals surface area contributed by atoms with Crippen LogP contribution in [0.5, 0.6) is 0 Å². The van der Waals surface area contributed by atoms with Gasteiger partial charge in [-0.25, -0.2) is 0 Å². The van der Waals surface area contributed by atoms with Gasteiger partial charge < -0.3 is 9.32 Å². The molecule has 10 aromatic rings. The van der Waals surface area contributed by atoms with Gasteiger partial charge in [0, 0.05) is 27.5 Å². The largest absolute Gasteiger partial charge is 0.456 e. The number of hydrogen-bond acceptors (Lipinski definition) is 2. The summed E-state index contributed by atoms with van der Waals surface area (Å²) in [6.07, 6.45) is 0. The Kier molecular flexibility index (Phi) is 5.14. The number of para-hydroxylation sites is 2. The number of benzene rings is 9. The highest BCUT2D eigenvalue weighted by Crippen LogP contribution is 2.59. The van der Waals surface area contributed by atoms with Crippen molar-refractivity contribution in [3.63, 3.8) is 0 Å². The molecule has 0 saturated heterocycles. The van der Waals surface area contributed by atoms with E-state index in [0.29, 0.717) is 11.2 Å². The predicted molar refractivity (Wildman–Crippen MR) is 221 cm³/mol. The number of furan rings is 1. The Labute approximate surface area is 317 Å². The van der Waals surface area contributed by atoms with Crippen LogP contribution in [0.25, 0.3) is 54.6 Å². The normalized spacial score (nSPS) is 16.7. The fourth-order valence-corrected chi connectivity index (χ4v) is 8.57. The van der Waals surface area contributed by atoms with E-state index in [2.05, 4.69) is 71.6 Å². The highest BCUT2D eigenvalue weighted by molar-refractivity contribution is 6.09. The minimum atomic E-state index is -1.41. The zero-order valence-corrected chi connectivity index (χ0v) is 28.4. The molecule has 0 N–H and O–H groups in total. The van der Waals surface area contributed by atoms with Crippen molar-refractivity contribution >= 4 is 60.5 Å². The van der Waals surface area contributed by atoms with Crippen molar-refractivity contribution < 1.29 is 14.0 Å². The maximum atomic E-state index is 10.1. The summed E-state index contributed by atoms with van der Waals surface area (Å²) in [7, 11) is 0. The Balaban J connectivity index is 1.31. The van der Waals surface area contributed by atoms with Crippen molar-refractivity contribution in [1.29, 1.82) is 0 Å². The van der Waals surface area contributed by atoms with Gasteiger partial charge in [0.2, 0.25) is 0 Å². The number of hydrogen-bond donors (Lipinski definition) is 0. The van der Waals surface area contributed by atoms with Crippen molar-refractivity contribution in [2.45, 2.75) is 5.41 Å². The van der Waals surface area contributed by atoms with Crippen LogP contribution in [0.4, 0.5) is 17.1 Å². The monoisotopic (exact) mass is 682 g/mol. The summed E-state index contributed by atoms with van der Waals surface area (Å²) >= 11 is 0. The van der Waals surface area contributed by atoms with E-state index in [-0.39, 0.29) is 34.5 Å². The molecule has 2 heteroatoms. The van der Waals surface area contributed by atoms with Crippen LogP contribution in [-0.2, 0) is 5.41 Å². The standard InChI is InChI=1S/C51H33NO/c1-2-18-38(19-3-1)52(47-25-12-17-35-15-6-7-20-40(35)47)39-30-31-45-43(33-39)41-21-8-10-23-44(41)51(45,37-29-28-34-14-4-5-16-36(34)32-37)46-24-13-27-49-50(46)42-22-9-11-26-48(42)53-49/h1-33H/i4D,5D,14D,16D,28D,29D,32D. The SMILES string of the molecule is [2H]c1c([2H])c([2H])c2c([2H])c(C3(c4cccc5oc6ccccc6c45)c4ccccc4-c4cc(N(c5ccccc5)c5cccc6ccccc56)ccc43)c([2H])c([2H])c2c1[2H]. The zero-order chi connectivity index (χ0) is 41.0. The first kappa shape index (κ1) is 23.6. The third-order valence-electron chi connectivity index (χ3n) is 10.7. The van der Waals surface area contributed by atoms with Crippen molar-refractivity contribution in [2.75, 3.05) is 4.90 Å². The van der Waals surface area contributed by atoms with Crippen LogP contribution in [0.15, 0.2) is 204 Å². The molecule has 0 bridgehead atoms. The van der Waals surface area contributed by atoms with Gasteiger partial charge in [-0.1, -0.05) is 152 Å². The fourth-order valence-electron chi connectivity index (χ4n) is 8.57. The lowest BCUT2D eigenvalue weighted by Gasteiger charge is -2.35. The average molecular weight is 683 g/mol. The Morgan fingerprint density at radius 1 is 0.472 bits per heavy atom. The lowest BCUT2D eigenvalue weighted by atomic mass is 9.66. The Hall–Kier alpha value is -6.90. The van der Waals surface area contributed by atoms with E-state index >= 15 is 0 Å². The first-order chi connectivity index (χ1) is 29.2. The molecule has 0 amide bonds. The molecular weight excluding hydrogens is 643 g/mol. The Morgan fingerprint density at radius 2 is 1.17 bits per heavy atom. The highest BCUT2D eigenvalue weighted by Gasteiger charge is 2.47. The molecule has 53 heavy (non-hydrogen) atoms. The molecule has 2 nitrogen and oxygen atoms in total. The summed E-state index contributed by atoms with van der Waals surface area (Å²) < 4.78 is 70.9. The Bertz CT molecular complexity index is 3430. The molecule has 1 aliphatic carbocycles. The van der Waals surface area contributed by atoms with E-state index in [4.69, 9.17) is 9.90 Å². The lowest BCUT2D eigenvalue weighted by molar-refractivity contribution is 0.667. The summed E-state index contributed by atoms with van der Waals surface area (Å²) in [5.41, 5.74) is 6.94. The van der Waals surface area contributed by atoms with E-state index in [1.54, 1.807) is 0 Å². The summed E-state index contributed by atoms with van der Waals surface area (Å²) in [6.45, 7) is 0. The van der Waals surface area contributed by atoms with Crippen LogP contribution in [0.2, 0.25) is 0 Å². The van der Waals surface area contributed by atoms with Crippen molar-refractivity contribution in [1.82, 2.24) is 0 Å². The summed E-state index contributed by atoms with van der Waals surface area (Å²) in [6, 6.07) is 50.0. The van der Waals surface area contributed by atoms with E-state index in [1.165, 1.54) is 0 Å². The highest BCUT2D eigenvalue weighted by atomic mass is 16.3. The van der Waals surface area contributed by atoms with Gasteiger partial charge in [0.05, 0.1) is 20.7 Å². The molecule has 1 atom stereocenters. The van der Waals surface area contributed by atoms with Crippen LogP contribution in [0, 0.1) is 0 Å². The topological polar surface area (TPSA) is 16.4 Å². The molecule has 0 radical (unpaired) electrons. The second-order valence-electron chi connectivity index (χ2n) is 13.5. The van der Waals surface area contributed by atoms with Crippen LogP contribution in [-0.4, -0.2) is 0 Å². The van der Waals surface area contributed by atoms with Crippen molar-refractivity contribution in [2.24, 2.45) is 0 Å². The molecule has 1 unspecified atom stereocenters. The van der Waals surface area contributed by atoms with E-state index in [9.17, 15) is 4.11 Å². The first-order valence-electron chi connectivity index (χ1n) is 21.2. The van der Waals surface area contributed by atoms with E-state index in [1.807, 2.05) is 91.0 Å².